The predicted molar refractivity (Wildman–Crippen MR) is 121 cm³/mol. The molecule has 1 aliphatic heterocycles. The van der Waals surface area contributed by atoms with Crippen molar-refractivity contribution in [3.05, 3.63) is 58.6 Å². The second-order valence-electron chi connectivity index (χ2n) is 7.57. The predicted octanol–water partition coefficient (Wildman–Crippen LogP) is 4.13. The third-order valence-corrected chi connectivity index (χ3v) is 6.27. The van der Waals surface area contributed by atoms with Crippen LogP contribution in [0.5, 0.6) is 0 Å². The zero-order valence-electron chi connectivity index (χ0n) is 18.0. The summed E-state index contributed by atoms with van der Waals surface area (Å²) in [5.74, 6) is -0.0845. The fraction of sp³-hybridized carbons (Fsp3) is 0.348. The van der Waals surface area contributed by atoms with Gasteiger partial charge in [-0.05, 0) is 49.9 Å². The van der Waals surface area contributed by atoms with Gasteiger partial charge in [0.05, 0.1) is 17.2 Å². The van der Waals surface area contributed by atoms with E-state index in [9.17, 15) is 9.59 Å². The number of piperazine rings is 1. The van der Waals surface area contributed by atoms with E-state index in [-0.39, 0.29) is 12.0 Å². The van der Waals surface area contributed by atoms with Gasteiger partial charge in [0.2, 0.25) is 0 Å². The van der Waals surface area contributed by atoms with Gasteiger partial charge in [0, 0.05) is 26.2 Å². The van der Waals surface area contributed by atoms with E-state index in [1.165, 1.54) is 0 Å². The van der Waals surface area contributed by atoms with Crippen LogP contribution in [-0.4, -0.2) is 64.4 Å². The van der Waals surface area contributed by atoms with Crippen molar-refractivity contribution in [3.63, 3.8) is 0 Å². The lowest BCUT2D eigenvalue weighted by Gasteiger charge is -2.34. The number of carbonyl (C=O) groups is 2. The lowest BCUT2D eigenvalue weighted by atomic mass is 10.1. The van der Waals surface area contributed by atoms with Crippen molar-refractivity contribution in [1.82, 2.24) is 19.6 Å². The standard InChI is InChI=1S/C23H26N4O3S/c1-4-30-23(29)26-11-9-25(10-12-26)22(28)20-15-18(21-6-5-13-31-21)24-27(20)19-8-7-16(2)14-17(19)3/h5-8,13-15H,4,9-12H2,1-3H3. The highest BCUT2D eigenvalue weighted by atomic mass is 32.1. The molecule has 0 N–H and O–H groups in total. The molecule has 0 bridgehead atoms. The molecule has 1 aliphatic rings. The molecule has 0 atom stereocenters. The van der Waals surface area contributed by atoms with Gasteiger partial charge in [-0.25, -0.2) is 9.48 Å². The molecule has 7 nitrogen and oxygen atoms in total. The zero-order valence-corrected chi connectivity index (χ0v) is 18.8. The summed E-state index contributed by atoms with van der Waals surface area (Å²) >= 11 is 1.60. The van der Waals surface area contributed by atoms with Crippen molar-refractivity contribution >= 4 is 23.3 Å². The lowest BCUT2D eigenvalue weighted by Crippen LogP contribution is -2.51. The summed E-state index contributed by atoms with van der Waals surface area (Å²) in [5, 5.41) is 6.79. The number of ether oxygens (including phenoxy) is 1. The van der Waals surface area contributed by atoms with E-state index in [1.807, 2.05) is 49.6 Å². The van der Waals surface area contributed by atoms with Crippen molar-refractivity contribution in [1.29, 1.82) is 0 Å². The first-order valence-electron chi connectivity index (χ1n) is 10.4. The molecule has 0 saturated carbocycles. The summed E-state index contributed by atoms with van der Waals surface area (Å²) in [4.78, 5) is 29.9. The van der Waals surface area contributed by atoms with Crippen LogP contribution in [0.2, 0.25) is 0 Å². The minimum atomic E-state index is -0.324. The van der Waals surface area contributed by atoms with Crippen LogP contribution in [0.4, 0.5) is 4.79 Å². The number of thiophene rings is 1. The van der Waals surface area contributed by atoms with Gasteiger partial charge in [-0.1, -0.05) is 23.8 Å². The Morgan fingerprint density at radius 2 is 1.81 bits per heavy atom. The van der Waals surface area contributed by atoms with E-state index in [4.69, 9.17) is 9.84 Å². The first-order valence-corrected chi connectivity index (χ1v) is 11.3. The van der Waals surface area contributed by atoms with E-state index >= 15 is 0 Å². The molecule has 0 radical (unpaired) electrons. The summed E-state index contributed by atoms with van der Waals surface area (Å²) in [6, 6.07) is 12.0. The number of hydrogen-bond acceptors (Lipinski definition) is 5. The highest BCUT2D eigenvalue weighted by molar-refractivity contribution is 7.13. The highest BCUT2D eigenvalue weighted by Gasteiger charge is 2.28. The average Bonchev–Trinajstić information content (AvgIpc) is 3.44. The number of nitrogens with zero attached hydrogens (tertiary/aromatic N) is 4. The van der Waals surface area contributed by atoms with Crippen molar-refractivity contribution in [2.24, 2.45) is 0 Å². The Kier molecular flexibility index (Phi) is 6.08. The fourth-order valence-electron chi connectivity index (χ4n) is 3.77. The molecule has 162 valence electrons. The molecule has 4 rings (SSSR count). The van der Waals surface area contributed by atoms with Crippen LogP contribution < -0.4 is 0 Å². The van der Waals surface area contributed by atoms with Crippen LogP contribution in [0.15, 0.2) is 41.8 Å². The summed E-state index contributed by atoms with van der Waals surface area (Å²) in [7, 11) is 0. The highest BCUT2D eigenvalue weighted by Crippen LogP contribution is 2.28. The van der Waals surface area contributed by atoms with Crippen LogP contribution >= 0.6 is 11.3 Å². The molecule has 0 spiro atoms. The number of carbonyl (C=O) groups excluding carboxylic acids is 2. The first-order chi connectivity index (χ1) is 15.0. The minimum absolute atomic E-state index is 0.0845. The maximum absolute atomic E-state index is 13.5. The summed E-state index contributed by atoms with van der Waals surface area (Å²) in [5.41, 5.74) is 4.42. The van der Waals surface area contributed by atoms with Gasteiger partial charge < -0.3 is 14.5 Å². The molecule has 2 amide bonds. The Hall–Kier alpha value is -3.13. The third kappa shape index (κ3) is 4.34. The Labute approximate surface area is 185 Å². The normalized spacial score (nSPS) is 14.0. The smallest absolute Gasteiger partial charge is 0.409 e. The van der Waals surface area contributed by atoms with Gasteiger partial charge >= 0.3 is 6.09 Å². The van der Waals surface area contributed by atoms with Crippen molar-refractivity contribution < 1.29 is 14.3 Å². The van der Waals surface area contributed by atoms with E-state index in [0.717, 1.165) is 27.4 Å². The van der Waals surface area contributed by atoms with Gasteiger partial charge in [-0.2, -0.15) is 5.10 Å². The maximum atomic E-state index is 13.5. The molecule has 0 unspecified atom stereocenters. The summed E-state index contributed by atoms with van der Waals surface area (Å²) in [6.07, 6.45) is -0.324. The Balaban J connectivity index is 1.64. The van der Waals surface area contributed by atoms with E-state index < -0.39 is 0 Å². The molecule has 1 aromatic carbocycles. The molecule has 8 heteroatoms. The summed E-state index contributed by atoms with van der Waals surface area (Å²) < 4.78 is 6.83. The molecule has 1 saturated heterocycles. The van der Waals surface area contributed by atoms with E-state index in [2.05, 4.69) is 6.07 Å². The lowest BCUT2D eigenvalue weighted by molar-refractivity contribution is 0.0563. The SMILES string of the molecule is CCOC(=O)N1CCN(C(=O)c2cc(-c3cccs3)nn2-c2ccc(C)cc2C)CC1. The van der Waals surface area contributed by atoms with Gasteiger partial charge in [-0.15, -0.1) is 11.3 Å². The average molecular weight is 439 g/mol. The van der Waals surface area contributed by atoms with Gasteiger partial charge in [0.1, 0.15) is 11.4 Å². The van der Waals surface area contributed by atoms with Crippen LogP contribution in [0.1, 0.15) is 28.5 Å². The number of amides is 2. The number of benzene rings is 1. The van der Waals surface area contributed by atoms with Crippen molar-refractivity contribution in [2.45, 2.75) is 20.8 Å². The maximum Gasteiger partial charge on any atom is 0.409 e. The Morgan fingerprint density at radius 3 is 2.45 bits per heavy atom. The molecule has 1 fully saturated rings. The molecule has 31 heavy (non-hydrogen) atoms. The third-order valence-electron chi connectivity index (χ3n) is 5.38. The van der Waals surface area contributed by atoms with Gasteiger partial charge in [0.25, 0.3) is 5.91 Å². The van der Waals surface area contributed by atoms with Crippen LogP contribution in [0, 0.1) is 13.8 Å². The van der Waals surface area contributed by atoms with Crippen molar-refractivity contribution in [3.8, 4) is 16.3 Å². The number of rotatable bonds is 4. The molecular formula is C23H26N4O3S. The van der Waals surface area contributed by atoms with Crippen LogP contribution in [0.3, 0.4) is 0 Å². The second-order valence-corrected chi connectivity index (χ2v) is 8.52. The van der Waals surface area contributed by atoms with E-state index in [1.54, 1.807) is 32.7 Å². The van der Waals surface area contributed by atoms with Crippen molar-refractivity contribution in [2.75, 3.05) is 32.8 Å². The van der Waals surface area contributed by atoms with E-state index in [0.29, 0.717) is 38.5 Å². The second kappa shape index (κ2) is 8.93. The molecule has 0 aliphatic carbocycles. The zero-order chi connectivity index (χ0) is 22.0. The summed E-state index contributed by atoms with van der Waals surface area (Å²) in [6.45, 7) is 8.05. The van der Waals surface area contributed by atoms with Gasteiger partial charge in [-0.3, -0.25) is 4.79 Å². The fourth-order valence-corrected chi connectivity index (χ4v) is 4.46. The first kappa shape index (κ1) is 21.1. The van der Waals surface area contributed by atoms with Crippen LogP contribution in [0.25, 0.3) is 16.3 Å². The number of hydrogen-bond donors (Lipinski definition) is 0. The molecule has 3 aromatic rings. The molecule has 3 heterocycles. The monoisotopic (exact) mass is 438 g/mol. The largest absolute Gasteiger partial charge is 0.450 e. The Bertz CT molecular complexity index is 1080. The number of aryl methyl sites for hydroxylation is 2. The molecular weight excluding hydrogens is 412 g/mol. The minimum Gasteiger partial charge on any atom is -0.450 e. The number of aromatic nitrogens is 2. The Morgan fingerprint density at radius 1 is 1.06 bits per heavy atom. The molecule has 2 aromatic heterocycles. The van der Waals surface area contributed by atoms with Crippen LogP contribution in [-0.2, 0) is 4.74 Å². The topological polar surface area (TPSA) is 67.7 Å². The van der Waals surface area contributed by atoms with Gasteiger partial charge in [0.15, 0.2) is 0 Å². The quantitative estimate of drug-likeness (QED) is 0.614.